The maximum absolute atomic E-state index is 5.87. The second-order valence-corrected chi connectivity index (χ2v) is 3.99. The number of rotatable bonds is 0. The lowest BCUT2D eigenvalue weighted by atomic mass is 10.2. The Kier molecular flexibility index (Phi) is 2.23. The number of hydrogen-bond acceptors (Lipinski definition) is 3. The normalized spacial score (nSPS) is 21.0. The van der Waals surface area contributed by atoms with Gasteiger partial charge in [-0.3, -0.25) is 0 Å². The van der Waals surface area contributed by atoms with Crippen molar-refractivity contribution in [2.45, 2.75) is 6.92 Å². The van der Waals surface area contributed by atoms with Crippen molar-refractivity contribution in [3.8, 4) is 5.75 Å². The molecule has 2 rings (SSSR count). The Hall–Kier alpha value is -1.38. The van der Waals surface area contributed by atoms with E-state index in [4.69, 9.17) is 10.5 Å². The van der Waals surface area contributed by atoms with E-state index < -0.39 is 0 Å². The van der Waals surface area contributed by atoms with Crippen molar-refractivity contribution in [2.75, 3.05) is 30.8 Å². The zero-order valence-electron chi connectivity index (χ0n) is 8.66. The highest BCUT2D eigenvalue weighted by molar-refractivity contribution is 5.70. The number of nitrogens with zero attached hydrogens (tertiary/aromatic N) is 1. The predicted octanol–water partition coefficient (Wildman–Crippen LogP) is 1.73. The molecule has 1 aromatic rings. The maximum Gasteiger partial charge on any atom is 0.165 e. The first kappa shape index (κ1) is 9.19. The van der Waals surface area contributed by atoms with Crippen LogP contribution in [0.4, 0.5) is 11.4 Å². The molecule has 76 valence electrons. The van der Waals surface area contributed by atoms with Crippen LogP contribution in [0.5, 0.6) is 5.75 Å². The zero-order chi connectivity index (χ0) is 10.1. The van der Waals surface area contributed by atoms with E-state index in [1.165, 1.54) is 0 Å². The van der Waals surface area contributed by atoms with E-state index in [1.54, 1.807) is 0 Å². The van der Waals surface area contributed by atoms with E-state index in [-0.39, 0.29) is 0 Å². The molecule has 0 bridgehead atoms. The van der Waals surface area contributed by atoms with Crippen molar-refractivity contribution in [3.63, 3.8) is 0 Å². The number of benzene rings is 1. The molecular formula is C11H16N2O. The molecule has 3 heteroatoms. The van der Waals surface area contributed by atoms with Gasteiger partial charge in [-0.2, -0.15) is 0 Å². The van der Waals surface area contributed by atoms with Crippen LogP contribution in [0, 0.1) is 5.92 Å². The largest absolute Gasteiger partial charge is 0.489 e. The lowest BCUT2D eigenvalue weighted by Crippen LogP contribution is -2.23. The standard InChI is InChI=1S/C11H16N2O/c1-8-6-13(2)10-5-3-4-9(12)11(10)14-7-8/h3-5,8H,6-7,12H2,1-2H3. The van der Waals surface area contributed by atoms with Crippen molar-refractivity contribution < 1.29 is 4.74 Å². The van der Waals surface area contributed by atoms with Crippen molar-refractivity contribution in [3.05, 3.63) is 18.2 Å². The number of nitrogen functional groups attached to an aromatic ring is 1. The van der Waals surface area contributed by atoms with Crippen molar-refractivity contribution in [1.29, 1.82) is 0 Å². The van der Waals surface area contributed by atoms with Crippen LogP contribution in [0.3, 0.4) is 0 Å². The van der Waals surface area contributed by atoms with Gasteiger partial charge in [0.25, 0.3) is 0 Å². The van der Waals surface area contributed by atoms with Crippen LogP contribution >= 0.6 is 0 Å². The SMILES string of the molecule is CC1COc2c(N)cccc2N(C)C1. The molecule has 2 N–H and O–H groups in total. The molecule has 0 saturated carbocycles. The van der Waals surface area contributed by atoms with Gasteiger partial charge in [-0.25, -0.2) is 0 Å². The lowest BCUT2D eigenvalue weighted by Gasteiger charge is -2.19. The second kappa shape index (κ2) is 3.40. The van der Waals surface area contributed by atoms with Gasteiger partial charge in [-0.15, -0.1) is 0 Å². The van der Waals surface area contributed by atoms with Gasteiger partial charge in [0.2, 0.25) is 0 Å². The van der Waals surface area contributed by atoms with E-state index in [1.807, 2.05) is 18.2 Å². The molecule has 1 atom stereocenters. The second-order valence-electron chi connectivity index (χ2n) is 3.99. The number of nitrogens with two attached hydrogens (primary N) is 1. The van der Waals surface area contributed by atoms with Crippen LogP contribution in [-0.4, -0.2) is 20.2 Å². The average molecular weight is 192 g/mol. The molecule has 1 aliphatic rings. The summed E-state index contributed by atoms with van der Waals surface area (Å²) in [4.78, 5) is 2.20. The molecule has 0 amide bonds. The Morgan fingerprint density at radius 2 is 2.29 bits per heavy atom. The minimum atomic E-state index is 0.534. The summed E-state index contributed by atoms with van der Waals surface area (Å²) in [6.07, 6.45) is 0. The molecular weight excluding hydrogens is 176 g/mol. The van der Waals surface area contributed by atoms with Crippen molar-refractivity contribution >= 4 is 11.4 Å². The molecule has 0 radical (unpaired) electrons. The fraction of sp³-hybridized carbons (Fsp3) is 0.455. The first-order valence-corrected chi connectivity index (χ1v) is 4.91. The molecule has 0 fully saturated rings. The molecule has 1 aliphatic heterocycles. The topological polar surface area (TPSA) is 38.5 Å². The summed E-state index contributed by atoms with van der Waals surface area (Å²) in [6.45, 7) is 3.93. The Morgan fingerprint density at radius 3 is 3.07 bits per heavy atom. The highest BCUT2D eigenvalue weighted by Gasteiger charge is 2.18. The van der Waals surface area contributed by atoms with Crippen LogP contribution in [0.2, 0.25) is 0 Å². The van der Waals surface area contributed by atoms with Gasteiger partial charge in [-0.1, -0.05) is 13.0 Å². The lowest BCUT2D eigenvalue weighted by molar-refractivity contribution is 0.275. The van der Waals surface area contributed by atoms with Crippen LogP contribution in [0.1, 0.15) is 6.92 Å². The van der Waals surface area contributed by atoms with Gasteiger partial charge in [0.05, 0.1) is 18.0 Å². The third-order valence-corrected chi connectivity index (χ3v) is 2.53. The highest BCUT2D eigenvalue weighted by atomic mass is 16.5. The first-order valence-electron chi connectivity index (χ1n) is 4.91. The number of ether oxygens (including phenoxy) is 1. The van der Waals surface area contributed by atoms with Crippen LogP contribution in [0.25, 0.3) is 0 Å². The summed E-state index contributed by atoms with van der Waals surface area (Å²) in [7, 11) is 2.07. The Morgan fingerprint density at radius 1 is 1.50 bits per heavy atom. The van der Waals surface area contributed by atoms with Crippen molar-refractivity contribution in [1.82, 2.24) is 0 Å². The number of hydrogen-bond donors (Lipinski definition) is 1. The molecule has 0 spiro atoms. The molecule has 0 saturated heterocycles. The smallest absolute Gasteiger partial charge is 0.165 e. The fourth-order valence-electron chi connectivity index (χ4n) is 1.84. The Balaban J connectivity index is 2.43. The van der Waals surface area contributed by atoms with Gasteiger partial charge in [0, 0.05) is 19.5 Å². The summed E-state index contributed by atoms with van der Waals surface area (Å²) in [5.74, 6) is 1.37. The van der Waals surface area contributed by atoms with Gasteiger partial charge in [-0.05, 0) is 12.1 Å². The molecule has 0 aromatic heterocycles. The maximum atomic E-state index is 5.87. The average Bonchev–Trinajstić information content (AvgIpc) is 2.28. The van der Waals surface area contributed by atoms with E-state index in [2.05, 4.69) is 18.9 Å². The zero-order valence-corrected chi connectivity index (χ0v) is 8.66. The molecule has 1 heterocycles. The predicted molar refractivity (Wildman–Crippen MR) is 58.8 cm³/mol. The summed E-state index contributed by atoms with van der Waals surface area (Å²) in [6, 6.07) is 5.89. The third kappa shape index (κ3) is 1.50. The molecule has 1 aromatic carbocycles. The third-order valence-electron chi connectivity index (χ3n) is 2.53. The minimum Gasteiger partial charge on any atom is -0.489 e. The minimum absolute atomic E-state index is 0.534. The number of fused-ring (bicyclic) bond motifs is 1. The van der Waals surface area contributed by atoms with Gasteiger partial charge in [0.15, 0.2) is 5.75 Å². The van der Waals surface area contributed by atoms with E-state index >= 15 is 0 Å². The summed E-state index contributed by atoms with van der Waals surface area (Å²) < 4.78 is 5.70. The molecule has 14 heavy (non-hydrogen) atoms. The van der Waals surface area contributed by atoms with Gasteiger partial charge < -0.3 is 15.4 Å². The number of para-hydroxylation sites is 1. The van der Waals surface area contributed by atoms with Crippen LogP contribution < -0.4 is 15.4 Å². The number of anilines is 2. The molecule has 1 unspecified atom stereocenters. The van der Waals surface area contributed by atoms with Crippen molar-refractivity contribution in [2.24, 2.45) is 5.92 Å². The first-order chi connectivity index (χ1) is 6.68. The highest BCUT2D eigenvalue weighted by Crippen LogP contribution is 2.35. The molecule has 0 aliphatic carbocycles. The van der Waals surface area contributed by atoms with Gasteiger partial charge in [0.1, 0.15) is 0 Å². The quantitative estimate of drug-likeness (QED) is 0.636. The summed E-state index contributed by atoms with van der Waals surface area (Å²) in [5.41, 5.74) is 7.68. The fourth-order valence-corrected chi connectivity index (χ4v) is 1.84. The van der Waals surface area contributed by atoms with Crippen LogP contribution in [0.15, 0.2) is 18.2 Å². The molecule has 3 nitrogen and oxygen atoms in total. The van der Waals surface area contributed by atoms with Crippen LogP contribution in [-0.2, 0) is 0 Å². The van der Waals surface area contributed by atoms with E-state index in [0.29, 0.717) is 5.92 Å². The van der Waals surface area contributed by atoms with E-state index in [9.17, 15) is 0 Å². The monoisotopic (exact) mass is 192 g/mol. The summed E-state index contributed by atoms with van der Waals surface area (Å²) in [5, 5.41) is 0. The Labute approximate surface area is 84.5 Å². The van der Waals surface area contributed by atoms with E-state index in [0.717, 1.165) is 30.3 Å². The Bertz CT molecular complexity index is 338. The summed E-state index contributed by atoms with van der Waals surface area (Å²) >= 11 is 0. The van der Waals surface area contributed by atoms with Gasteiger partial charge >= 0.3 is 0 Å².